The minimum atomic E-state index is -5.53. The van der Waals surface area contributed by atoms with Crippen LogP contribution in [-0.2, 0) is 15.6 Å². The molecule has 0 saturated heterocycles. The van der Waals surface area contributed by atoms with Crippen molar-refractivity contribution in [3.05, 3.63) is 243 Å². The van der Waals surface area contributed by atoms with E-state index in [9.17, 15) is 0 Å². The van der Waals surface area contributed by atoms with E-state index in [4.69, 9.17) is 6.03 Å². The number of hydrogen-bond acceptors (Lipinski definition) is 4. The molecule has 0 aliphatic carbocycles. The van der Waals surface area contributed by atoms with Crippen LogP contribution in [0.5, 0.6) is 0 Å². The number of carbonyl (C=O) groups excluding carboxylic acids is 2. The van der Waals surface area contributed by atoms with Crippen LogP contribution in [-0.4, -0.2) is 47.6 Å². The zero-order valence-electron chi connectivity index (χ0n) is 32.0. The van der Waals surface area contributed by atoms with Crippen molar-refractivity contribution in [2.45, 2.75) is 12.8 Å². The number of rotatable bonds is 13. The first-order valence-electron chi connectivity index (χ1n) is 19.5. The van der Waals surface area contributed by atoms with Crippen molar-refractivity contribution < 1.29 is 15.6 Å². The van der Waals surface area contributed by atoms with Crippen molar-refractivity contribution in [1.82, 2.24) is 0 Å². The van der Waals surface area contributed by atoms with Crippen molar-refractivity contribution >= 4 is 75.7 Å². The molecular formula is C52H44O4Sb2. The maximum absolute atomic E-state index is 15.0. The van der Waals surface area contributed by atoms with Crippen LogP contribution in [0, 0.1) is 0 Å². The van der Waals surface area contributed by atoms with Gasteiger partial charge in [0.15, 0.2) is 0 Å². The molecule has 8 aromatic carbocycles. The van der Waals surface area contributed by atoms with Gasteiger partial charge in [0, 0.05) is 0 Å². The molecule has 0 amide bonds. The normalized spacial score (nSPS) is 12.8. The van der Waals surface area contributed by atoms with Crippen molar-refractivity contribution in [3.8, 4) is 0 Å². The Morgan fingerprint density at radius 3 is 0.534 bits per heavy atom. The topological polar surface area (TPSA) is 52.6 Å². The Balaban J connectivity index is 1.28. The summed E-state index contributed by atoms with van der Waals surface area (Å²) in [6, 6.07) is 81.3. The van der Waals surface area contributed by atoms with Crippen molar-refractivity contribution in [2.75, 3.05) is 0 Å². The summed E-state index contributed by atoms with van der Waals surface area (Å²) in [5, 5.41) is 0. The van der Waals surface area contributed by atoms with Gasteiger partial charge in [-0.25, -0.2) is 0 Å². The van der Waals surface area contributed by atoms with E-state index in [1.54, 1.807) is 0 Å². The monoisotopic (exact) mass is 974 g/mol. The summed E-state index contributed by atoms with van der Waals surface area (Å²) in [5.41, 5.74) is 0. The zero-order chi connectivity index (χ0) is 39.8. The van der Waals surface area contributed by atoms with E-state index < -0.39 is 47.6 Å². The second-order valence-electron chi connectivity index (χ2n) is 14.2. The van der Waals surface area contributed by atoms with Crippen LogP contribution in [0.25, 0.3) is 0 Å². The molecule has 286 valence electrons. The summed E-state index contributed by atoms with van der Waals surface area (Å²) in [5.74, 6) is -0.932. The Labute approximate surface area is 344 Å². The molecule has 0 aliphatic heterocycles. The van der Waals surface area contributed by atoms with Crippen LogP contribution in [0.3, 0.4) is 0 Å². The second kappa shape index (κ2) is 16.7. The van der Waals surface area contributed by atoms with Gasteiger partial charge in [-0.05, 0) is 0 Å². The first kappa shape index (κ1) is 39.2. The molecule has 0 heterocycles. The maximum atomic E-state index is 15.0. The predicted octanol–water partition coefficient (Wildman–Crippen LogP) is 5.91. The molecule has 4 nitrogen and oxygen atoms in total. The quantitative estimate of drug-likeness (QED) is 0.135. The van der Waals surface area contributed by atoms with Gasteiger partial charge < -0.3 is 0 Å². The molecule has 0 radical (unpaired) electrons. The van der Waals surface area contributed by atoms with E-state index in [0.717, 1.165) is 28.1 Å². The predicted molar refractivity (Wildman–Crippen MR) is 242 cm³/mol. The van der Waals surface area contributed by atoms with E-state index in [0.29, 0.717) is 0 Å². The van der Waals surface area contributed by atoms with E-state index in [-0.39, 0.29) is 12.8 Å². The second-order valence-corrected chi connectivity index (χ2v) is 38.8. The van der Waals surface area contributed by atoms with Crippen LogP contribution in [0.15, 0.2) is 243 Å². The molecule has 0 fully saturated rings. The molecule has 0 unspecified atom stereocenters. The molecule has 0 N–H and O–H groups in total. The van der Waals surface area contributed by atoms with Gasteiger partial charge >= 0.3 is 347 Å². The first-order chi connectivity index (χ1) is 28.5. The fraction of sp³-hybridized carbons (Fsp3) is 0.0385. The van der Waals surface area contributed by atoms with Gasteiger partial charge in [0.1, 0.15) is 0 Å². The Hall–Kier alpha value is -5.66. The summed E-state index contributed by atoms with van der Waals surface area (Å²) < 4.78 is 22.4. The molecule has 0 atom stereocenters. The Bertz CT molecular complexity index is 2070. The molecule has 0 aromatic heterocycles. The Morgan fingerprint density at radius 2 is 0.397 bits per heavy atom. The van der Waals surface area contributed by atoms with Crippen LogP contribution < -0.4 is 28.1 Å². The fourth-order valence-electron chi connectivity index (χ4n) is 8.61. The van der Waals surface area contributed by atoms with Crippen LogP contribution in [0.1, 0.15) is 12.8 Å². The van der Waals surface area contributed by atoms with Gasteiger partial charge in [0.2, 0.25) is 0 Å². The zero-order valence-corrected chi connectivity index (χ0v) is 37.1. The van der Waals surface area contributed by atoms with E-state index in [2.05, 4.69) is 97.1 Å². The summed E-state index contributed by atoms with van der Waals surface area (Å²) in [7, 11) is 0. The third-order valence-electron chi connectivity index (χ3n) is 11.1. The van der Waals surface area contributed by atoms with Crippen LogP contribution in [0.2, 0.25) is 0 Å². The van der Waals surface area contributed by atoms with E-state index in [1.165, 1.54) is 0 Å². The molecule has 0 bridgehead atoms. The van der Waals surface area contributed by atoms with E-state index >= 15 is 9.59 Å². The van der Waals surface area contributed by atoms with Crippen LogP contribution in [0.4, 0.5) is 0 Å². The van der Waals surface area contributed by atoms with Gasteiger partial charge in [-0.2, -0.15) is 0 Å². The molecule has 0 saturated carbocycles. The molecule has 0 aliphatic rings. The fourth-order valence-corrected chi connectivity index (χ4v) is 41.0. The van der Waals surface area contributed by atoms with Crippen molar-refractivity contribution in [1.29, 1.82) is 0 Å². The molecular weight excluding hydrogens is 932 g/mol. The number of hydrogen-bond donors (Lipinski definition) is 0. The average Bonchev–Trinajstić information content (AvgIpc) is 3.32. The Morgan fingerprint density at radius 1 is 0.259 bits per heavy atom. The number of carbonyl (C=O) groups is 2. The van der Waals surface area contributed by atoms with Crippen molar-refractivity contribution in [2.24, 2.45) is 0 Å². The molecule has 8 aromatic rings. The molecule has 8 rings (SSSR count). The van der Waals surface area contributed by atoms with Gasteiger partial charge in [0.25, 0.3) is 0 Å². The molecule has 0 spiro atoms. The Kier molecular flexibility index (Phi) is 11.3. The SMILES string of the molecule is O=C(CCC(=O)[O][Sb]([c]1ccccc1)([c]1ccccc1)([c]1ccccc1)[c]1ccccc1)[O][Sb]([c]1ccccc1)([c]1ccccc1)([c]1ccccc1)[c]1ccccc1. The summed E-state index contributed by atoms with van der Waals surface area (Å²) >= 11 is -11.1. The molecule has 6 heteroatoms. The van der Waals surface area contributed by atoms with Gasteiger partial charge in [-0.15, -0.1) is 0 Å². The van der Waals surface area contributed by atoms with Gasteiger partial charge in [-0.3, -0.25) is 0 Å². The third-order valence-corrected chi connectivity index (χ3v) is 43.6. The first-order valence-corrected chi connectivity index (χ1v) is 31.8. The van der Waals surface area contributed by atoms with Gasteiger partial charge in [-0.1, -0.05) is 0 Å². The van der Waals surface area contributed by atoms with E-state index in [1.807, 2.05) is 146 Å². The summed E-state index contributed by atoms with van der Waals surface area (Å²) in [6.07, 6.45) is -0.367. The standard InChI is InChI=1S/8C6H5.C4H6O4.2Sb/c8*1-2-4-6-5-3-1;5-3(6)1-2-4(7)8;;/h8*1-5H;1-2H2,(H,5,6)(H,7,8);;/q;;;;;;;;;2*+1/p-2. The van der Waals surface area contributed by atoms with Gasteiger partial charge in [0.05, 0.1) is 0 Å². The minimum absolute atomic E-state index is 0.183. The summed E-state index contributed by atoms with van der Waals surface area (Å²) in [6.45, 7) is 0. The van der Waals surface area contributed by atoms with Crippen molar-refractivity contribution in [3.63, 3.8) is 0 Å². The average molecular weight is 976 g/mol. The molecule has 58 heavy (non-hydrogen) atoms. The number of benzene rings is 8. The third kappa shape index (κ3) is 6.31. The summed E-state index contributed by atoms with van der Waals surface area (Å²) in [4.78, 5) is 30.0. The van der Waals surface area contributed by atoms with Crippen LogP contribution >= 0.6 is 0 Å².